The van der Waals surface area contributed by atoms with Crippen LogP contribution in [0.1, 0.15) is 42.7 Å². The molecule has 0 spiro atoms. The number of aliphatic hydroxyl groups is 1. The number of esters is 1. The lowest BCUT2D eigenvalue weighted by Gasteiger charge is -2.44. The van der Waals surface area contributed by atoms with Gasteiger partial charge in [0.2, 0.25) is 11.8 Å². The molecule has 278 valence electrons. The number of alkyl carbamates (subject to hydrolysis) is 2. The lowest BCUT2D eigenvalue weighted by molar-refractivity contribution is -0.189. The van der Waals surface area contributed by atoms with E-state index in [1.165, 1.54) is 6.08 Å². The molecule has 4 rings (SSSR count). The predicted molar refractivity (Wildman–Crippen MR) is 188 cm³/mol. The van der Waals surface area contributed by atoms with Gasteiger partial charge < -0.3 is 46.2 Å². The molecule has 2 aromatic rings. The van der Waals surface area contributed by atoms with Crippen molar-refractivity contribution in [3.05, 3.63) is 82.8 Å². The summed E-state index contributed by atoms with van der Waals surface area (Å²) < 4.78 is 22.4. The summed E-state index contributed by atoms with van der Waals surface area (Å²) in [5.74, 6) is -2.35. The fourth-order valence-corrected chi connectivity index (χ4v) is 7.11. The Balaban J connectivity index is 1.53. The van der Waals surface area contributed by atoms with Gasteiger partial charge in [-0.3, -0.25) is 9.59 Å². The molecule has 1 heterocycles. The zero-order valence-corrected chi connectivity index (χ0v) is 28.9. The number of azide groups is 1. The number of benzene rings is 2. The number of aliphatic hydroxyl groups excluding tert-OH is 1. The normalized spacial score (nSPS) is 20.9. The summed E-state index contributed by atoms with van der Waals surface area (Å²) in [4.78, 5) is 65.4. The summed E-state index contributed by atoms with van der Waals surface area (Å²) in [7, 11) is 0. The Morgan fingerprint density at radius 2 is 1.67 bits per heavy atom. The molecule has 52 heavy (non-hydrogen) atoms. The summed E-state index contributed by atoms with van der Waals surface area (Å²) in [6.45, 7) is 2.89. The van der Waals surface area contributed by atoms with Gasteiger partial charge in [0.05, 0.1) is 12.6 Å². The highest BCUT2D eigenvalue weighted by Gasteiger charge is 2.49. The van der Waals surface area contributed by atoms with Crippen molar-refractivity contribution in [2.45, 2.75) is 67.4 Å². The monoisotopic (exact) mass is 739 g/mol. The molecule has 17 nitrogen and oxygen atoms in total. The molecule has 0 aromatic heterocycles. The van der Waals surface area contributed by atoms with E-state index in [0.717, 1.165) is 34.0 Å². The SMILES string of the molecule is C=CCOC(=O)N[C@@H]1[C@@H](OC(=O)[C@H](CCC(N)=O)NC(=O)OCC2c3ccccc3-c3ccccc32)[C@@H](O)[C@@H](CN=[N+]=[N-])O[C@@H]1SCCCC(N)=O. The highest BCUT2D eigenvalue weighted by molar-refractivity contribution is 7.99. The molecule has 2 aromatic carbocycles. The third kappa shape index (κ3) is 10.6. The van der Waals surface area contributed by atoms with Crippen molar-refractivity contribution in [3.8, 4) is 11.1 Å². The fraction of sp³-hybridized carbons (Fsp3) is 0.441. The van der Waals surface area contributed by atoms with Crippen molar-refractivity contribution in [2.24, 2.45) is 16.6 Å². The van der Waals surface area contributed by atoms with E-state index < -0.39 is 65.8 Å². The summed E-state index contributed by atoms with van der Waals surface area (Å²) in [5, 5.41) is 19.8. The first kappa shape index (κ1) is 39.5. The molecule has 1 fully saturated rings. The molecule has 0 radical (unpaired) electrons. The Morgan fingerprint density at radius 1 is 1.02 bits per heavy atom. The Hall–Kier alpha value is -5.29. The number of primary amides is 2. The maximum atomic E-state index is 13.8. The van der Waals surface area contributed by atoms with Crippen LogP contribution < -0.4 is 22.1 Å². The van der Waals surface area contributed by atoms with Crippen LogP contribution >= 0.6 is 11.8 Å². The average Bonchev–Trinajstić information content (AvgIpc) is 3.44. The topological polar surface area (TPSA) is 267 Å². The minimum absolute atomic E-state index is 0.0610. The number of carbonyl (C=O) groups is 5. The smallest absolute Gasteiger partial charge is 0.407 e. The molecule has 1 aliphatic heterocycles. The van der Waals surface area contributed by atoms with Crippen molar-refractivity contribution in [1.82, 2.24) is 10.6 Å². The second-order valence-electron chi connectivity index (χ2n) is 11.9. The number of nitrogens with two attached hydrogens (primary N) is 2. The molecular weight excluding hydrogens is 698 g/mol. The maximum absolute atomic E-state index is 13.8. The van der Waals surface area contributed by atoms with E-state index in [0.29, 0.717) is 12.2 Å². The minimum atomic E-state index is -1.66. The molecule has 4 amide bonds. The van der Waals surface area contributed by atoms with Gasteiger partial charge in [0.1, 0.15) is 36.8 Å². The molecule has 0 saturated carbocycles. The highest BCUT2D eigenvalue weighted by atomic mass is 32.2. The zero-order chi connectivity index (χ0) is 37.6. The van der Waals surface area contributed by atoms with Crippen LogP contribution in [0.5, 0.6) is 0 Å². The maximum Gasteiger partial charge on any atom is 0.407 e. The molecule has 2 aliphatic rings. The molecule has 6 atom stereocenters. The largest absolute Gasteiger partial charge is 0.456 e. The molecule has 18 heteroatoms. The first-order valence-corrected chi connectivity index (χ1v) is 17.5. The minimum Gasteiger partial charge on any atom is -0.456 e. The molecular formula is C34H41N7O10S. The lowest BCUT2D eigenvalue weighted by atomic mass is 9.97. The van der Waals surface area contributed by atoms with E-state index in [1.807, 2.05) is 48.5 Å². The van der Waals surface area contributed by atoms with Gasteiger partial charge in [-0.2, -0.15) is 0 Å². The van der Waals surface area contributed by atoms with Gasteiger partial charge in [-0.15, -0.1) is 11.8 Å². The van der Waals surface area contributed by atoms with Crippen LogP contribution in [0.15, 0.2) is 66.3 Å². The second-order valence-corrected chi connectivity index (χ2v) is 13.1. The van der Waals surface area contributed by atoms with Crippen molar-refractivity contribution in [2.75, 3.05) is 25.5 Å². The fourth-order valence-electron chi connectivity index (χ4n) is 5.91. The van der Waals surface area contributed by atoms with E-state index in [1.54, 1.807) is 0 Å². The Labute approximate surface area is 303 Å². The van der Waals surface area contributed by atoms with Gasteiger partial charge in [-0.25, -0.2) is 14.4 Å². The van der Waals surface area contributed by atoms with E-state index in [2.05, 4.69) is 27.2 Å². The number of ether oxygens (including phenoxy) is 4. The molecule has 0 bridgehead atoms. The Kier molecular flexibility index (Phi) is 14.7. The van der Waals surface area contributed by atoms with Crippen LogP contribution in [-0.2, 0) is 33.3 Å². The number of hydrogen-bond acceptors (Lipinski definition) is 12. The number of thioether (sulfide) groups is 1. The molecule has 1 aliphatic carbocycles. The van der Waals surface area contributed by atoms with Crippen molar-refractivity contribution in [3.63, 3.8) is 0 Å². The van der Waals surface area contributed by atoms with Gasteiger partial charge >= 0.3 is 18.2 Å². The summed E-state index contributed by atoms with van der Waals surface area (Å²) in [6, 6.07) is 12.7. The third-order valence-electron chi connectivity index (χ3n) is 8.32. The standard InChI is InChI=1S/C34H41N7O10S/c1-2-15-48-34(47)40-28-30(29(44)25(17-38-41-37)50-32(28)52-16-7-12-26(35)42)51-31(45)24(13-14-27(36)43)39-33(46)49-18-23-21-10-5-3-8-19(21)20-9-4-6-11-22(20)23/h2-6,8-11,23-25,28-30,32,44H,1,7,12-18H2,(H2,35,42)(H2,36,43)(H,39,46)(H,40,47)/t24-,25+,28+,29-,30+,32+/m0/s1. The lowest BCUT2D eigenvalue weighted by Crippen LogP contribution is -2.65. The first-order chi connectivity index (χ1) is 25.0. The van der Waals surface area contributed by atoms with E-state index in [4.69, 9.17) is 35.9 Å². The Bertz CT molecular complexity index is 1630. The number of nitrogens with one attached hydrogen (secondary N) is 2. The van der Waals surface area contributed by atoms with Crippen molar-refractivity contribution in [1.29, 1.82) is 0 Å². The third-order valence-corrected chi connectivity index (χ3v) is 9.57. The number of amides is 4. The van der Waals surface area contributed by atoms with E-state index in [9.17, 15) is 29.1 Å². The summed E-state index contributed by atoms with van der Waals surface area (Å²) in [5.41, 5.74) is 22.5. The number of hydrogen-bond donors (Lipinski definition) is 5. The number of fused-ring (bicyclic) bond motifs is 3. The first-order valence-electron chi connectivity index (χ1n) is 16.4. The Morgan fingerprint density at radius 3 is 2.29 bits per heavy atom. The van der Waals surface area contributed by atoms with Gasteiger partial charge in [0.25, 0.3) is 0 Å². The quantitative estimate of drug-likeness (QED) is 0.0282. The van der Waals surface area contributed by atoms with Crippen molar-refractivity contribution < 1.29 is 48.0 Å². The van der Waals surface area contributed by atoms with Crippen LogP contribution in [0.25, 0.3) is 21.6 Å². The van der Waals surface area contributed by atoms with Crippen LogP contribution in [-0.4, -0.2) is 96.4 Å². The summed E-state index contributed by atoms with van der Waals surface area (Å²) >= 11 is 1.12. The second kappa shape index (κ2) is 19.4. The predicted octanol–water partition coefficient (Wildman–Crippen LogP) is 2.75. The van der Waals surface area contributed by atoms with Crippen molar-refractivity contribution >= 4 is 41.7 Å². The average molecular weight is 740 g/mol. The molecule has 1 saturated heterocycles. The van der Waals surface area contributed by atoms with E-state index >= 15 is 0 Å². The number of rotatable bonds is 18. The van der Waals surface area contributed by atoms with Gasteiger partial charge in [0, 0.05) is 23.7 Å². The van der Waals surface area contributed by atoms with E-state index in [-0.39, 0.29) is 44.9 Å². The summed E-state index contributed by atoms with van der Waals surface area (Å²) in [6.07, 6.45) is -5.24. The van der Waals surface area contributed by atoms with Crippen LogP contribution in [0, 0.1) is 0 Å². The van der Waals surface area contributed by atoms with Crippen LogP contribution in [0.2, 0.25) is 0 Å². The van der Waals surface area contributed by atoms with Crippen LogP contribution in [0.3, 0.4) is 0 Å². The van der Waals surface area contributed by atoms with Gasteiger partial charge in [-0.1, -0.05) is 66.3 Å². The number of nitrogens with zero attached hydrogens (tertiary/aromatic N) is 3. The number of carbonyl (C=O) groups excluding carboxylic acids is 5. The molecule has 0 unspecified atom stereocenters. The van der Waals surface area contributed by atoms with Crippen LogP contribution in [0.4, 0.5) is 9.59 Å². The zero-order valence-electron chi connectivity index (χ0n) is 28.1. The molecule has 7 N–H and O–H groups in total. The van der Waals surface area contributed by atoms with Gasteiger partial charge in [0.15, 0.2) is 6.10 Å². The van der Waals surface area contributed by atoms with Gasteiger partial charge in [-0.05, 0) is 46.4 Å². The highest BCUT2D eigenvalue weighted by Crippen LogP contribution is 2.44.